The molecular weight excluding hydrogens is 190 g/mol. The summed E-state index contributed by atoms with van der Waals surface area (Å²) in [5.74, 6) is 0.188. The van der Waals surface area contributed by atoms with Crippen LogP contribution in [0.5, 0.6) is 0 Å². The molecule has 3 nitrogen and oxygen atoms in total. The SMILES string of the molecule is CCOC(=O)[C@@H]1CCCN2CCCC[C@H]12. The topological polar surface area (TPSA) is 29.5 Å². The lowest BCUT2D eigenvalue weighted by atomic mass is 9.83. The van der Waals surface area contributed by atoms with Gasteiger partial charge in [0.2, 0.25) is 0 Å². The van der Waals surface area contributed by atoms with E-state index in [1.165, 1.54) is 32.4 Å². The van der Waals surface area contributed by atoms with Gasteiger partial charge in [-0.15, -0.1) is 0 Å². The van der Waals surface area contributed by atoms with E-state index in [9.17, 15) is 4.79 Å². The van der Waals surface area contributed by atoms with Gasteiger partial charge < -0.3 is 4.74 Å². The largest absolute Gasteiger partial charge is 0.466 e. The van der Waals surface area contributed by atoms with E-state index in [4.69, 9.17) is 4.74 Å². The van der Waals surface area contributed by atoms with Gasteiger partial charge in [0.25, 0.3) is 0 Å². The van der Waals surface area contributed by atoms with Gasteiger partial charge in [0.1, 0.15) is 0 Å². The van der Waals surface area contributed by atoms with Crippen molar-refractivity contribution in [1.82, 2.24) is 4.90 Å². The van der Waals surface area contributed by atoms with Crippen LogP contribution < -0.4 is 0 Å². The van der Waals surface area contributed by atoms with E-state index in [-0.39, 0.29) is 11.9 Å². The Labute approximate surface area is 91.8 Å². The molecule has 86 valence electrons. The molecule has 0 saturated carbocycles. The highest BCUT2D eigenvalue weighted by Crippen LogP contribution is 2.31. The van der Waals surface area contributed by atoms with Gasteiger partial charge in [0, 0.05) is 6.04 Å². The van der Waals surface area contributed by atoms with Crippen LogP contribution in [0.2, 0.25) is 0 Å². The summed E-state index contributed by atoms with van der Waals surface area (Å²) >= 11 is 0. The van der Waals surface area contributed by atoms with Gasteiger partial charge in [-0.1, -0.05) is 6.42 Å². The van der Waals surface area contributed by atoms with E-state index in [1.807, 2.05) is 6.92 Å². The Morgan fingerprint density at radius 3 is 2.87 bits per heavy atom. The summed E-state index contributed by atoms with van der Waals surface area (Å²) in [5.41, 5.74) is 0. The third-order valence-corrected chi connectivity index (χ3v) is 3.68. The maximum atomic E-state index is 11.8. The number of piperidine rings is 2. The van der Waals surface area contributed by atoms with Gasteiger partial charge in [-0.25, -0.2) is 0 Å². The molecule has 0 aromatic heterocycles. The van der Waals surface area contributed by atoms with Crippen molar-refractivity contribution in [2.24, 2.45) is 5.92 Å². The molecule has 0 aliphatic carbocycles. The van der Waals surface area contributed by atoms with Crippen LogP contribution in [0.1, 0.15) is 39.0 Å². The van der Waals surface area contributed by atoms with E-state index in [0.29, 0.717) is 12.6 Å². The highest BCUT2D eigenvalue weighted by Gasteiger charge is 2.37. The molecule has 3 heteroatoms. The van der Waals surface area contributed by atoms with Crippen LogP contribution in [-0.4, -0.2) is 36.6 Å². The van der Waals surface area contributed by atoms with Gasteiger partial charge >= 0.3 is 5.97 Å². The summed E-state index contributed by atoms with van der Waals surface area (Å²) in [6, 6.07) is 0.478. The minimum Gasteiger partial charge on any atom is -0.466 e. The predicted molar refractivity (Wildman–Crippen MR) is 58.6 cm³/mol. The van der Waals surface area contributed by atoms with Crippen LogP contribution in [0.25, 0.3) is 0 Å². The lowest BCUT2D eigenvalue weighted by Crippen LogP contribution is -2.50. The van der Waals surface area contributed by atoms with Crippen molar-refractivity contribution in [3.05, 3.63) is 0 Å². The maximum Gasteiger partial charge on any atom is 0.310 e. The normalized spacial score (nSPS) is 32.1. The van der Waals surface area contributed by atoms with Crippen LogP contribution in [0.15, 0.2) is 0 Å². The summed E-state index contributed by atoms with van der Waals surface area (Å²) < 4.78 is 5.16. The lowest BCUT2D eigenvalue weighted by Gasteiger charge is -2.43. The van der Waals surface area contributed by atoms with Crippen molar-refractivity contribution in [2.75, 3.05) is 19.7 Å². The molecule has 15 heavy (non-hydrogen) atoms. The Morgan fingerprint density at radius 2 is 2.07 bits per heavy atom. The Morgan fingerprint density at radius 1 is 1.27 bits per heavy atom. The maximum absolute atomic E-state index is 11.8. The smallest absolute Gasteiger partial charge is 0.310 e. The summed E-state index contributed by atoms with van der Waals surface area (Å²) in [6.07, 6.45) is 5.94. The predicted octanol–water partition coefficient (Wildman–Crippen LogP) is 1.81. The Hall–Kier alpha value is -0.570. The molecule has 0 aromatic rings. The molecule has 2 atom stereocenters. The van der Waals surface area contributed by atoms with Crippen LogP contribution >= 0.6 is 0 Å². The zero-order valence-electron chi connectivity index (χ0n) is 9.58. The molecule has 0 aromatic carbocycles. The molecule has 2 aliphatic heterocycles. The second kappa shape index (κ2) is 4.97. The molecule has 0 bridgehead atoms. The van der Waals surface area contributed by atoms with E-state index in [2.05, 4.69) is 4.90 Å². The summed E-state index contributed by atoms with van der Waals surface area (Å²) in [4.78, 5) is 14.3. The van der Waals surface area contributed by atoms with E-state index >= 15 is 0 Å². The van der Waals surface area contributed by atoms with Crippen molar-refractivity contribution in [3.63, 3.8) is 0 Å². The molecule has 2 aliphatic rings. The average Bonchev–Trinajstić information content (AvgIpc) is 2.28. The second-order valence-corrected chi connectivity index (χ2v) is 4.60. The molecule has 0 radical (unpaired) electrons. The highest BCUT2D eigenvalue weighted by molar-refractivity contribution is 5.73. The minimum atomic E-state index is 0.0362. The monoisotopic (exact) mass is 211 g/mol. The zero-order chi connectivity index (χ0) is 10.7. The van der Waals surface area contributed by atoms with E-state index in [1.54, 1.807) is 0 Å². The number of esters is 1. The van der Waals surface area contributed by atoms with Gasteiger partial charge in [0.05, 0.1) is 12.5 Å². The first kappa shape index (κ1) is 10.9. The van der Waals surface area contributed by atoms with Crippen LogP contribution in [0.3, 0.4) is 0 Å². The molecule has 0 amide bonds. The van der Waals surface area contributed by atoms with Gasteiger partial charge in [0.15, 0.2) is 0 Å². The second-order valence-electron chi connectivity index (χ2n) is 4.60. The number of hydrogen-bond acceptors (Lipinski definition) is 3. The summed E-state index contributed by atoms with van der Waals surface area (Å²) in [5, 5.41) is 0. The van der Waals surface area contributed by atoms with Crippen molar-refractivity contribution in [3.8, 4) is 0 Å². The minimum absolute atomic E-state index is 0.0362. The molecular formula is C12H21NO2. The number of nitrogens with zero attached hydrogens (tertiary/aromatic N) is 1. The van der Waals surface area contributed by atoms with Gasteiger partial charge in [-0.05, 0) is 45.7 Å². The Bertz CT molecular complexity index is 228. The van der Waals surface area contributed by atoms with Crippen molar-refractivity contribution in [1.29, 1.82) is 0 Å². The van der Waals surface area contributed by atoms with Gasteiger partial charge in [-0.3, -0.25) is 9.69 Å². The van der Waals surface area contributed by atoms with E-state index in [0.717, 1.165) is 12.8 Å². The Kier molecular flexibility index (Phi) is 3.62. The summed E-state index contributed by atoms with van der Waals surface area (Å²) in [7, 11) is 0. The number of fused-ring (bicyclic) bond motifs is 1. The summed E-state index contributed by atoms with van der Waals surface area (Å²) in [6.45, 7) is 4.77. The molecule has 0 unspecified atom stereocenters. The van der Waals surface area contributed by atoms with Crippen molar-refractivity contribution in [2.45, 2.75) is 45.1 Å². The third-order valence-electron chi connectivity index (χ3n) is 3.68. The first-order valence-electron chi connectivity index (χ1n) is 6.23. The number of hydrogen-bond donors (Lipinski definition) is 0. The molecule has 0 N–H and O–H groups in total. The standard InChI is InChI=1S/C12H21NO2/c1-2-15-12(14)10-6-5-9-13-8-4-3-7-11(10)13/h10-11H,2-9H2,1H3/t10-,11-/m1/s1. The van der Waals surface area contributed by atoms with Crippen molar-refractivity contribution < 1.29 is 9.53 Å². The third kappa shape index (κ3) is 2.33. The molecule has 2 fully saturated rings. The first-order chi connectivity index (χ1) is 7.33. The Balaban J connectivity index is 2.00. The number of ether oxygens (including phenoxy) is 1. The zero-order valence-corrected chi connectivity index (χ0v) is 9.58. The first-order valence-corrected chi connectivity index (χ1v) is 6.23. The quantitative estimate of drug-likeness (QED) is 0.652. The average molecular weight is 211 g/mol. The highest BCUT2D eigenvalue weighted by atomic mass is 16.5. The number of rotatable bonds is 2. The fraction of sp³-hybridized carbons (Fsp3) is 0.917. The van der Waals surface area contributed by atoms with Crippen LogP contribution in [0.4, 0.5) is 0 Å². The van der Waals surface area contributed by atoms with Crippen LogP contribution in [-0.2, 0) is 9.53 Å². The molecule has 2 saturated heterocycles. The lowest BCUT2D eigenvalue weighted by molar-refractivity contribution is -0.153. The van der Waals surface area contributed by atoms with Gasteiger partial charge in [-0.2, -0.15) is 0 Å². The molecule has 0 spiro atoms. The fourth-order valence-corrected chi connectivity index (χ4v) is 2.98. The molecule has 2 rings (SSSR count). The molecule has 2 heterocycles. The van der Waals surface area contributed by atoms with E-state index < -0.39 is 0 Å². The van der Waals surface area contributed by atoms with Crippen molar-refractivity contribution >= 4 is 5.97 Å². The number of carbonyl (C=O) groups excluding carboxylic acids is 1. The van der Waals surface area contributed by atoms with Crippen LogP contribution in [0, 0.1) is 5.92 Å². The number of carbonyl (C=O) groups is 1. The fourth-order valence-electron chi connectivity index (χ4n) is 2.98.